The summed E-state index contributed by atoms with van der Waals surface area (Å²) in [5.74, 6) is 0. The second-order valence-corrected chi connectivity index (χ2v) is 4.44. The lowest BCUT2D eigenvalue weighted by atomic mass is 10.0. The quantitative estimate of drug-likeness (QED) is 0.831. The maximum Gasteiger partial charge on any atom is -0.00804 e. The molecule has 2 rings (SSSR count). The van der Waals surface area contributed by atoms with Crippen molar-refractivity contribution in [3.05, 3.63) is 59.7 Å². The Morgan fingerprint density at radius 3 is 1.22 bits per heavy atom. The Balaban J connectivity index is 0.000000357. The van der Waals surface area contributed by atoms with E-state index in [-0.39, 0.29) is 0 Å². The molecule has 1 nitrogen and oxygen atoms in total. The lowest BCUT2D eigenvalue weighted by molar-refractivity contribution is 0.864. The first-order valence-corrected chi connectivity index (χ1v) is 6.45. The van der Waals surface area contributed by atoms with Gasteiger partial charge in [0, 0.05) is 0 Å². The number of benzene rings is 2. The van der Waals surface area contributed by atoms with Gasteiger partial charge >= 0.3 is 0 Å². The highest BCUT2D eigenvalue weighted by atomic mass is 14.8. The molecule has 0 spiro atoms. The van der Waals surface area contributed by atoms with Crippen molar-refractivity contribution < 1.29 is 0 Å². The molecule has 2 aromatic rings. The molecule has 0 saturated carbocycles. The summed E-state index contributed by atoms with van der Waals surface area (Å²) in [5.41, 5.74) is 5.19. The van der Waals surface area contributed by atoms with Crippen LogP contribution in [0.3, 0.4) is 0 Å². The zero-order chi connectivity index (χ0) is 13.4. The lowest BCUT2D eigenvalue weighted by Crippen LogP contribution is -2.01. The van der Waals surface area contributed by atoms with Crippen LogP contribution in [-0.2, 0) is 0 Å². The van der Waals surface area contributed by atoms with Crippen LogP contribution >= 0.6 is 0 Å². The highest BCUT2D eigenvalue weighted by Gasteiger charge is 1.95. The van der Waals surface area contributed by atoms with E-state index in [9.17, 15) is 0 Å². The smallest absolute Gasteiger partial charge is 0.00804 e. The molecule has 0 saturated heterocycles. The van der Waals surface area contributed by atoms with Crippen molar-refractivity contribution in [1.29, 1.82) is 0 Å². The van der Waals surface area contributed by atoms with Crippen LogP contribution in [-0.4, -0.2) is 13.6 Å². The van der Waals surface area contributed by atoms with Crippen LogP contribution in [0, 0.1) is 13.8 Å². The topological polar surface area (TPSA) is 12.0 Å². The van der Waals surface area contributed by atoms with E-state index in [1.807, 2.05) is 7.05 Å². The molecule has 0 atom stereocenters. The van der Waals surface area contributed by atoms with Gasteiger partial charge in [-0.15, -0.1) is 0 Å². The highest BCUT2D eigenvalue weighted by Crippen LogP contribution is 2.19. The van der Waals surface area contributed by atoms with Crippen molar-refractivity contribution in [3.8, 4) is 11.1 Å². The van der Waals surface area contributed by atoms with Crippen LogP contribution in [0.5, 0.6) is 0 Å². The summed E-state index contributed by atoms with van der Waals surface area (Å²) in [6.45, 7) is 7.36. The SMILES string of the molecule is CCNC.Cc1ccc(-c2ccc(C)cc2)cc1. The van der Waals surface area contributed by atoms with Crippen LogP contribution in [0.4, 0.5) is 0 Å². The molecule has 18 heavy (non-hydrogen) atoms. The number of aryl methyl sites for hydroxylation is 2. The Kier molecular flexibility index (Phi) is 6.16. The fourth-order valence-corrected chi connectivity index (χ4v) is 1.49. The van der Waals surface area contributed by atoms with Crippen LogP contribution in [0.2, 0.25) is 0 Å². The minimum Gasteiger partial charge on any atom is -0.320 e. The van der Waals surface area contributed by atoms with Gasteiger partial charge in [-0.3, -0.25) is 0 Å². The van der Waals surface area contributed by atoms with Gasteiger partial charge < -0.3 is 5.32 Å². The van der Waals surface area contributed by atoms with E-state index in [4.69, 9.17) is 0 Å². The molecule has 1 heteroatoms. The zero-order valence-corrected chi connectivity index (χ0v) is 11.8. The predicted octanol–water partition coefficient (Wildman–Crippen LogP) is 4.20. The van der Waals surface area contributed by atoms with E-state index in [0.717, 1.165) is 6.54 Å². The molecule has 0 aliphatic rings. The summed E-state index contributed by atoms with van der Waals surface area (Å²) in [4.78, 5) is 0. The molecule has 2 aromatic carbocycles. The molecule has 0 aliphatic carbocycles. The summed E-state index contributed by atoms with van der Waals surface area (Å²) in [7, 11) is 1.93. The van der Waals surface area contributed by atoms with Gasteiger partial charge in [0.2, 0.25) is 0 Å². The first-order chi connectivity index (χ1) is 8.67. The van der Waals surface area contributed by atoms with E-state index in [0.29, 0.717) is 0 Å². The normalized spacial score (nSPS) is 9.56. The average Bonchev–Trinajstić information content (AvgIpc) is 2.41. The molecule has 0 unspecified atom stereocenters. The summed E-state index contributed by atoms with van der Waals surface area (Å²) in [6, 6.07) is 17.3. The van der Waals surface area contributed by atoms with E-state index in [2.05, 4.69) is 74.6 Å². The number of hydrogen-bond acceptors (Lipinski definition) is 1. The van der Waals surface area contributed by atoms with Gasteiger partial charge in [0.05, 0.1) is 0 Å². The van der Waals surface area contributed by atoms with E-state index >= 15 is 0 Å². The Morgan fingerprint density at radius 1 is 0.722 bits per heavy atom. The Labute approximate surface area is 111 Å². The third kappa shape index (κ3) is 4.72. The minimum atomic E-state index is 1.07. The standard InChI is InChI=1S/C14H14.C3H9N/c1-11-3-7-13(8-4-11)14-9-5-12(2)6-10-14;1-3-4-2/h3-10H,1-2H3;4H,3H2,1-2H3. The van der Waals surface area contributed by atoms with Crippen molar-refractivity contribution >= 4 is 0 Å². The number of rotatable bonds is 2. The Hall–Kier alpha value is -1.60. The summed E-state index contributed by atoms with van der Waals surface area (Å²) >= 11 is 0. The molecule has 0 fully saturated rings. The van der Waals surface area contributed by atoms with Gasteiger partial charge in [-0.25, -0.2) is 0 Å². The van der Waals surface area contributed by atoms with Gasteiger partial charge in [-0.1, -0.05) is 66.6 Å². The zero-order valence-electron chi connectivity index (χ0n) is 11.8. The molecule has 0 bridgehead atoms. The summed E-state index contributed by atoms with van der Waals surface area (Å²) in [6.07, 6.45) is 0. The average molecular weight is 241 g/mol. The van der Waals surface area contributed by atoms with Gasteiger partial charge in [0.15, 0.2) is 0 Å². The second-order valence-electron chi connectivity index (χ2n) is 4.44. The van der Waals surface area contributed by atoms with Crippen molar-refractivity contribution in [2.45, 2.75) is 20.8 Å². The second kappa shape index (κ2) is 7.67. The summed E-state index contributed by atoms with van der Waals surface area (Å²) < 4.78 is 0. The fourth-order valence-electron chi connectivity index (χ4n) is 1.49. The largest absolute Gasteiger partial charge is 0.320 e. The molecule has 0 aromatic heterocycles. The van der Waals surface area contributed by atoms with Crippen molar-refractivity contribution in [1.82, 2.24) is 5.32 Å². The van der Waals surface area contributed by atoms with Crippen LogP contribution in [0.25, 0.3) is 11.1 Å². The van der Waals surface area contributed by atoms with E-state index < -0.39 is 0 Å². The van der Waals surface area contributed by atoms with Crippen molar-refractivity contribution in [2.24, 2.45) is 0 Å². The molecule has 0 amide bonds. The minimum absolute atomic E-state index is 1.07. The van der Waals surface area contributed by atoms with Crippen molar-refractivity contribution in [3.63, 3.8) is 0 Å². The van der Waals surface area contributed by atoms with Gasteiger partial charge in [0.1, 0.15) is 0 Å². The molecule has 0 aliphatic heterocycles. The summed E-state index contributed by atoms with van der Waals surface area (Å²) in [5, 5.41) is 2.93. The van der Waals surface area contributed by atoms with Crippen LogP contribution < -0.4 is 5.32 Å². The fraction of sp³-hybridized carbons (Fsp3) is 0.294. The lowest BCUT2D eigenvalue weighted by Gasteiger charge is -2.02. The molecular weight excluding hydrogens is 218 g/mol. The first kappa shape index (κ1) is 14.5. The highest BCUT2D eigenvalue weighted by molar-refractivity contribution is 5.63. The number of nitrogens with one attached hydrogen (secondary N) is 1. The maximum absolute atomic E-state index is 2.93. The Morgan fingerprint density at radius 2 is 1.00 bits per heavy atom. The monoisotopic (exact) mass is 241 g/mol. The van der Waals surface area contributed by atoms with Crippen LogP contribution in [0.15, 0.2) is 48.5 Å². The molecule has 1 N–H and O–H groups in total. The predicted molar refractivity (Wildman–Crippen MR) is 81.0 cm³/mol. The van der Waals surface area contributed by atoms with E-state index in [1.54, 1.807) is 0 Å². The maximum atomic E-state index is 2.93. The molecular formula is C17H23N. The third-order valence-corrected chi connectivity index (χ3v) is 2.79. The van der Waals surface area contributed by atoms with Gasteiger partial charge in [0.25, 0.3) is 0 Å². The molecule has 0 heterocycles. The first-order valence-electron chi connectivity index (χ1n) is 6.45. The third-order valence-electron chi connectivity index (χ3n) is 2.79. The van der Waals surface area contributed by atoms with Crippen molar-refractivity contribution in [2.75, 3.05) is 13.6 Å². The van der Waals surface area contributed by atoms with Gasteiger partial charge in [-0.05, 0) is 38.6 Å². The van der Waals surface area contributed by atoms with Gasteiger partial charge in [-0.2, -0.15) is 0 Å². The van der Waals surface area contributed by atoms with E-state index in [1.165, 1.54) is 22.3 Å². The number of hydrogen-bond donors (Lipinski definition) is 1. The van der Waals surface area contributed by atoms with Crippen LogP contribution in [0.1, 0.15) is 18.1 Å². The molecule has 0 radical (unpaired) electrons. The Bertz CT molecular complexity index is 395. The molecule has 96 valence electrons.